The summed E-state index contributed by atoms with van der Waals surface area (Å²) in [6.07, 6.45) is 7.38. The number of aromatic nitrogens is 3. The van der Waals surface area contributed by atoms with E-state index < -0.39 is 17.5 Å². The highest BCUT2D eigenvalue weighted by Gasteiger charge is 2.57. The molecule has 0 radical (unpaired) electrons. The molecule has 3 saturated carbocycles. The molecule has 2 unspecified atom stereocenters. The Balaban J connectivity index is 1.11. The van der Waals surface area contributed by atoms with E-state index in [1.807, 2.05) is 0 Å². The minimum Gasteiger partial charge on any atom is -0.464 e. The fourth-order valence-electron chi connectivity index (χ4n) is 10.9. The molecule has 3 aromatic heterocycles. The largest absolute Gasteiger partial charge is 0.464 e. The average Bonchev–Trinajstić information content (AvgIpc) is 4.06. The van der Waals surface area contributed by atoms with Gasteiger partial charge in [-0.2, -0.15) is 0 Å². The number of pyridine rings is 1. The Kier molecular flexibility index (Phi) is 9.81. The number of aryl methyl sites for hydroxylation is 1. The second kappa shape index (κ2) is 14.7. The van der Waals surface area contributed by atoms with Gasteiger partial charge in [-0.05, 0) is 113 Å². The molecular formula is C47H59N7O5S. The summed E-state index contributed by atoms with van der Waals surface area (Å²) in [7, 11) is 3.98. The van der Waals surface area contributed by atoms with Gasteiger partial charge in [-0.15, -0.1) is 11.3 Å². The van der Waals surface area contributed by atoms with Crippen LogP contribution in [0.1, 0.15) is 94.7 Å². The molecule has 7 atom stereocenters. The van der Waals surface area contributed by atoms with Crippen LogP contribution in [0, 0.1) is 29.1 Å². The van der Waals surface area contributed by atoms with Crippen molar-refractivity contribution in [2.24, 2.45) is 29.1 Å². The number of benzene rings is 1. The number of hydrazine groups is 1. The van der Waals surface area contributed by atoms with Crippen molar-refractivity contribution in [2.45, 2.75) is 116 Å². The second-order valence-corrected chi connectivity index (χ2v) is 20.7. The SMILES string of the molecule is CCn1c(-c2cc(C34CCN(C)CC3C4)cnc2[C@H](C)OC)c2c3cc(ccc31)-c1csc(n1)C[C@H](NC(=O)[C@H]1C[C@@H]1C)C(=O)N1N[C@H](C(=O)OCC(C)(C)C2)C2CC1C2. The van der Waals surface area contributed by atoms with E-state index in [4.69, 9.17) is 19.4 Å². The first-order chi connectivity index (χ1) is 28.8. The summed E-state index contributed by atoms with van der Waals surface area (Å²) in [5, 5.41) is 8.69. The molecule has 3 aliphatic carbocycles. The number of thiazole rings is 1. The summed E-state index contributed by atoms with van der Waals surface area (Å²) in [6.45, 7) is 13.8. The van der Waals surface area contributed by atoms with Crippen molar-refractivity contribution in [3.63, 3.8) is 0 Å². The first kappa shape index (κ1) is 39.9. The number of piperidine rings is 1. The summed E-state index contributed by atoms with van der Waals surface area (Å²) >= 11 is 1.51. The zero-order chi connectivity index (χ0) is 41.8. The third-order valence-corrected chi connectivity index (χ3v) is 15.8. The Bertz CT molecular complexity index is 2380. The van der Waals surface area contributed by atoms with E-state index in [2.05, 4.69) is 97.7 Å². The van der Waals surface area contributed by atoms with Gasteiger partial charge in [0.25, 0.3) is 5.91 Å². The van der Waals surface area contributed by atoms with Crippen molar-refractivity contribution < 1.29 is 23.9 Å². The van der Waals surface area contributed by atoms with E-state index in [0.29, 0.717) is 18.3 Å². The molecule has 60 heavy (non-hydrogen) atoms. The maximum absolute atomic E-state index is 14.4. The van der Waals surface area contributed by atoms with Gasteiger partial charge >= 0.3 is 5.97 Å². The molecule has 318 valence electrons. The number of ether oxygens (including phenoxy) is 2. The van der Waals surface area contributed by atoms with Gasteiger partial charge < -0.3 is 24.3 Å². The zero-order valence-electron chi connectivity index (χ0n) is 36.0. The number of hydrogen-bond donors (Lipinski definition) is 2. The summed E-state index contributed by atoms with van der Waals surface area (Å²) in [5.41, 5.74) is 11.6. The van der Waals surface area contributed by atoms with Crippen LogP contribution in [0.4, 0.5) is 0 Å². The number of likely N-dealkylation sites (tertiary alicyclic amines) is 1. The minimum absolute atomic E-state index is 0.0329. The molecule has 7 heterocycles. The smallest absolute Gasteiger partial charge is 0.325 e. The number of fused-ring (bicyclic) bond motifs is 5. The van der Waals surface area contributed by atoms with E-state index in [9.17, 15) is 14.4 Å². The second-order valence-electron chi connectivity index (χ2n) is 19.8. The molecule has 7 aliphatic rings. The average molecular weight is 834 g/mol. The van der Waals surface area contributed by atoms with Gasteiger partial charge in [0.2, 0.25) is 5.91 Å². The summed E-state index contributed by atoms with van der Waals surface area (Å²) in [4.78, 5) is 54.6. The lowest BCUT2D eigenvalue weighted by molar-refractivity contribution is -0.171. The maximum atomic E-state index is 14.4. The molecule has 11 rings (SSSR count). The summed E-state index contributed by atoms with van der Waals surface area (Å²) in [6, 6.07) is 7.57. The van der Waals surface area contributed by atoms with Gasteiger partial charge in [0, 0.05) is 83.0 Å². The Morgan fingerprint density at radius 2 is 1.98 bits per heavy atom. The Morgan fingerprint density at radius 1 is 1.18 bits per heavy atom. The van der Waals surface area contributed by atoms with Crippen LogP contribution in [0.5, 0.6) is 0 Å². The van der Waals surface area contributed by atoms with Crippen LogP contribution in [-0.4, -0.2) is 94.2 Å². The van der Waals surface area contributed by atoms with Crippen molar-refractivity contribution in [1.29, 1.82) is 0 Å². The molecule has 2 amide bonds. The minimum atomic E-state index is -0.813. The highest BCUT2D eigenvalue weighted by molar-refractivity contribution is 7.10. The maximum Gasteiger partial charge on any atom is 0.325 e. The van der Waals surface area contributed by atoms with Crippen LogP contribution < -0.4 is 10.7 Å². The molecule has 1 aromatic carbocycles. The number of methoxy groups -OCH3 is 1. The van der Waals surface area contributed by atoms with Crippen LogP contribution in [0.3, 0.4) is 0 Å². The topological polar surface area (TPSA) is 131 Å². The number of amides is 2. The number of hydrogen-bond acceptors (Lipinski definition) is 10. The number of nitrogens with zero attached hydrogens (tertiary/aromatic N) is 5. The quantitative estimate of drug-likeness (QED) is 0.202. The van der Waals surface area contributed by atoms with E-state index in [1.165, 1.54) is 28.9 Å². The molecule has 4 aromatic rings. The fourth-order valence-corrected chi connectivity index (χ4v) is 11.8. The van der Waals surface area contributed by atoms with Crippen LogP contribution >= 0.6 is 11.3 Å². The van der Waals surface area contributed by atoms with Crippen molar-refractivity contribution in [3.05, 3.63) is 57.7 Å². The Labute approximate surface area is 356 Å². The summed E-state index contributed by atoms with van der Waals surface area (Å²) in [5.74, 6) is 0.272. The third-order valence-electron chi connectivity index (χ3n) is 15.0. The van der Waals surface area contributed by atoms with Crippen molar-refractivity contribution in [1.82, 2.24) is 35.2 Å². The summed E-state index contributed by atoms with van der Waals surface area (Å²) < 4.78 is 14.7. The Morgan fingerprint density at radius 3 is 2.72 bits per heavy atom. The number of carbonyl (C=O) groups excluding carboxylic acids is 3. The van der Waals surface area contributed by atoms with Gasteiger partial charge in [-0.1, -0.05) is 26.8 Å². The lowest BCUT2D eigenvalue weighted by atomic mass is 9.73. The Hall–Kier alpha value is -4.17. The molecular weight excluding hydrogens is 775 g/mol. The standard InChI is InChI=1S/C47H59N7O5S/c1-8-53-38-10-9-27-16-33(38)35(42(53)34-17-29(21-48-40(34)26(3)58-7)47-11-12-52(6)22-30(47)19-47)20-46(4,5)24-59-45(57)41-28-14-31(15-28)54(51-41)44(56)36(18-39-49-37(27)23-60-39)50-43(55)32-13-25(32)2/h9-10,16-17,21,23,25-26,28,30-32,36,41,51H,8,11-15,18-20,22,24H2,1-7H3,(H,50,55)/t25-,26-,28?,30?,31?,32-,36-,41-,47?/m0/s1. The van der Waals surface area contributed by atoms with E-state index in [0.717, 1.165) is 89.4 Å². The van der Waals surface area contributed by atoms with E-state index in [1.54, 1.807) is 12.1 Å². The number of esters is 1. The molecule has 3 saturated heterocycles. The van der Waals surface area contributed by atoms with Crippen LogP contribution in [0.25, 0.3) is 33.4 Å². The first-order valence-corrected chi connectivity index (χ1v) is 23.0. The monoisotopic (exact) mass is 833 g/mol. The number of cyclic esters (lactones) is 1. The van der Waals surface area contributed by atoms with Crippen LogP contribution in [-0.2, 0) is 48.7 Å². The van der Waals surface area contributed by atoms with Gasteiger partial charge in [0.05, 0.1) is 34.8 Å². The number of rotatable bonds is 7. The van der Waals surface area contributed by atoms with Gasteiger partial charge in [0.15, 0.2) is 0 Å². The molecule has 8 bridgehead atoms. The van der Waals surface area contributed by atoms with Crippen LogP contribution in [0.15, 0.2) is 35.8 Å². The highest BCUT2D eigenvalue weighted by atomic mass is 32.1. The number of nitrogens with one attached hydrogen (secondary N) is 2. The molecule has 0 spiro atoms. The molecule has 4 aliphatic heterocycles. The van der Waals surface area contributed by atoms with Crippen LogP contribution in [0.2, 0.25) is 0 Å². The first-order valence-electron chi connectivity index (χ1n) is 22.2. The molecule has 13 heteroatoms. The number of carbonyl (C=O) groups is 3. The third kappa shape index (κ3) is 6.78. The zero-order valence-corrected chi connectivity index (χ0v) is 36.9. The molecule has 12 nitrogen and oxygen atoms in total. The fraction of sp³-hybridized carbons (Fsp3) is 0.596. The van der Waals surface area contributed by atoms with E-state index in [-0.39, 0.29) is 60.2 Å². The van der Waals surface area contributed by atoms with Crippen molar-refractivity contribution in [2.75, 3.05) is 33.9 Å². The van der Waals surface area contributed by atoms with Crippen molar-refractivity contribution in [3.8, 4) is 22.5 Å². The van der Waals surface area contributed by atoms with Gasteiger partial charge in [-0.25, -0.2) is 10.4 Å². The van der Waals surface area contributed by atoms with Gasteiger partial charge in [0.1, 0.15) is 12.1 Å². The lowest BCUT2D eigenvalue weighted by Gasteiger charge is -2.53. The predicted molar refractivity (Wildman–Crippen MR) is 231 cm³/mol. The highest BCUT2D eigenvalue weighted by Crippen LogP contribution is 2.59. The predicted octanol–water partition coefficient (Wildman–Crippen LogP) is 6.45. The lowest BCUT2D eigenvalue weighted by Crippen LogP contribution is -2.71. The van der Waals surface area contributed by atoms with E-state index >= 15 is 0 Å². The molecule has 6 fully saturated rings. The molecule has 2 N–H and O–H groups in total. The van der Waals surface area contributed by atoms with Gasteiger partial charge in [-0.3, -0.25) is 24.4 Å². The normalized spacial score (nSPS) is 31.4. The van der Waals surface area contributed by atoms with Crippen molar-refractivity contribution >= 4 is 40.0 Å².